The van der Waals surface area contributed by atoms with E-state index in [0.717, 1.165) is 75.1 Å². The molecule has 2 aliphatic rings. The largest absolute Gasteiger partial charge is 0.566 e. The van der Waals surface area contributed by atoms with Crippen molar-refractivity contribution in [3.05, 3.63) is 140 Å². The first-order valence-electron chi connectivity index (χ1n) is 19.8. The van der Waals surface area contributed by atoms with E-state index >= 15 is 0 Å². The fourth-order valence-corrected chi connectivity index (χ4v) is 7.72. The van der Waals surface area contributed by atoms with Crippen molar-refractivity contribution >= 4 is 19.3 Å². The average molecular weight is 807 g/mol. The van der Waals surface area contributed by atoms with Crippen LogP contribution >= 0.6 is 8.25 Å². The van der Waals surface area contributed by atoms with E-state index in [-0.39, 0.29) is 18.8 Å². The molecule has 0 fully saturated rings. The average Bonchev–Trinajstić information content (AvgIpc) is 3.23. The molecule has 0 aromatic heterocycles. The highest BCUT2D eigenvalue weighted by Gasteiger charge is 2.37. The summed E-state index contributed by atoms with van der Waals surface area (Å²) in [6.45, 7) is 5.42. The molecule has 0 radical (unpaired) electrons. The third-order valence-corrected chi connectivity index (χ3v) is 11.1. The molecule has 58 heavy (non-hydrogen) atoms. The lowest BCUT2D eigenvalue weighted by Gasteiger charge is -2.36. The quantitative estimate of drug-likeness (QED) is 0.0305. The van der Waals surface area contributed by atoms with Crippen molar-refractivity contribution < 1.29 is 28.2 Å². The highest BCUT2D eigenvalue weighted by atomic mass is 31.1. The van der Waals surface area contributed by atoms with Crippen LogP contribution < -0.4 is 25.6 Å². The third kappa shape index (κ3) is 9.70. The Morgan fingerprint density at radius 2 is 1.19 bits per heavy atom. The zero-order valence-electron chi connectivity index (χ0n) is 33.6. The maximum absolute atomic E-state index is 13.8. The highest BCUT2D eigenvalue weighted by Crippen LogP contribution is 2.42. The number of aromatic nitrogens is 4. The van der Waals surface area contributed by atoms with Gasteiger partial charge in [0.15, 0.2) is 11.5 Å². The molecule has 0 bridgehead atoms. The fourth-order valence-electron chi connectivity index (χ4n) is 7.44. The van der Waals surface area contributed by atoms with Crippen LogP contribution in [0.1, 0.15) is 79.2 Å². The Labute approximate surface area is 339 Å². The normalized spacial score (nSPS) is 12.0. The molecule has 0 aliphatic carbocycles. The summed E-state index contributed by atoms with van der Waals surface area (Å²) >= 11 is 0. The van der Waals surface area contributed by atoms with E-state index in [4.69, 9.17) is 19.2 Å². The molecule has 0 amide bonds. The fraction of sp³-hybridized carbons (Fsp3) is 0.378. The van der Waals surface area contributed by atoms with E-state index in [2.05, 4.69) is 52.0 Å². The van der Waals surface area contributed by atoms with Crippen molar-refractivity contribution in [1.29, 1.82) is 0 Å². The van der Waals surface area contributed by atoms with Crippen LogP contribution in [0.2, 0.25) is 0 Å². The van der Waals surface area contributed by atoms with Gasteiger partial charge in [0, 0.05) is 19.7 Å². The minimum atomic E-state index is -2.86. The van der Waals surface area contributed by atoms with Crippen molar-refractivity contribution in [2.75, 3.05) is 27.4 Å². The van der Waals surface area contributed by atoms with Gasteiger partial charge < -0.3 is 23.7 Å². The molecular formula is C45H51N4O8P. The van der Waals surface area contributed by atoms with Crippen LogP contribution in [0.5, 0.6) is 11.5 Å². The number of unbranched alkanes of at least 4 members (excludes halogenated alkanes) is 6. The van der Waals surface area contributed by atoms with Crippen LogP contribution in [-0.2, 0) is 32.5 Å². The van der Waals surface area contributed by atoms with Crippen LogP contribution in [0.25, 0.3) is 22.6 Å². The van der Waals surface area contributed by atoms with Crippen LogP contribution in [0, 0.1) is 13.8 Å². The minimum absolute atomic E-state index is 0.122. The minimum Gasteiger partial charge on any atom is -0.566 e. The molecule has 4 aromatic rings. The van der Waals surface area contributed by atoms with E-state index in [9.17, 15) is 19.0 Å². The predicted molar refractivity (Wildman–Crippen MR) is 223 cm³/mol. The first-order chi connectivity index (χ1) is 28.2. The Morgan fingerprint density at radius 3 is 1.78 bits per heavy atom. The summed E-state index contributed by atoms with van der Waals surface area (Å²) in [4.78, 5) is 46.9. The summed E-state index contributed by atoms with van der Waals surface area (Å²) in [5.41, 5.74) is 4.85. The number of nitrogens with zero attached hydrogens (tertiary/aromatic N) is 4. The number of ether oxygens (including phenoxy) is 3. The molecule has 0 N–H and O–H groups in total. The molecule has 304 valence electrons. The molecule has 4 aromatic carbocycles. The maximum atomic E-state index is 13.8. The van der Waals surface area contributed by atoms with Gasteiger partial charge in [-0.2, -0.15) is 4.98 Å². The molecule has 1 atom stereocenters. The van der Waals surface area contributed by atoms with Gasteiger partial charge in [-0.3, -0.25) is 9.36 Å². The smallest absolute Gasteiger partial charge is 0.488 e. The number of hydrogen-bond donors (Lipinski definition) is 0. The summed E-state index contributed by atoms with van der Waals surface area (Å²) < 4.78 is 36.3. The van der Waals surface area contributed by atoms with Gasteiger partial charge in [0.05, 0.1) is 25.3 Å². The first-order valence-corrected chi connectivity index (χ1v) is 20.9. The second-order valence-electron chi connectivity index (χ2n) is 14.4. The molecule has 1 unspecified atom stereocenters. The topological polar surface area (TPSA) is 147 Å². The molecule has 2 aliphatic heterocycles. The lowest BCUT2D eigenvalue weighted by atomic mass is 9.80. The number of hydrogen-bond acceptors (Lipinski definition) is 10. The molecule has 0 saturated heterocycles. The molecule has 12 nitrogen and oxygen atoms in total. The van der Waals surface area contributed by atoms with E-state index in [0.29, 0.717) is 50.2 Å². The Bertz CT molecular complexity index is 2330. The van der Waals surface area contributed by atoms with Gasteiger partial charge in [-0.15, -0.1) is 4.52 Å². The van der Waals surface area contributed by atoms with Gasteiger partial charge in [0.1, 0.15) is 23.7 Å². The molecule has 0 spiro atoms. The van der Waals surface area contributed by atoms with Gasteiger partial charge in [-0.1, -0.05) is 80.3 Å². The zero-order valence-corrected chi connectivity index (χ0v) is 34.5. The lowest BCUT2D eigenvalue weighted by molar-refractivity contribution is -0.185. The summed E-state index contributed by atoms with van der Waals surface area (Å²) in [5.74, 6) is 1.82. The number of aryl methyl sites for hydroxylation is 3. The second-order valence-corrected chi connectivity index (χ2v) is 15.2. The van der Waals surface area contributed by atoms with Crippen molar-refractivity contribution in [3.8, 4) is 23.0 Å². The van der Waals surface area contributed by atoms with Gasteiger partial charge in [0.25, 0.3) is 5.56 Å². The number of benzene rings is 4. The van der Waals surface area contributed by atoms with Crippen molar-refractivity contribution in [2.45, 2.75) is 83.9 Å². The maximum Gasteiger partial charge on any atom is 0.488 e. The summed E-state index contributed by atoms with van der Waals surface area (Å²) in [6, 6.07) is 30.3. The van der Waals surface area contributed by atoms with Crippen LogP contribution in [0.3, 0.4) is 0 Å². The second kappa shape index (κ2) is 19.9. The summed E-state index contributed by atoms with van der Waals surface area (Å²) in [7, 11) is 0.456. The molecule has 6 rings (SSSR count). The molecule has 2 heterocycles. The van der Waals surface area contributed by atoms with Crippen LogP contribution in [0.4, 0.5) is 0 Å². The van der Waals surface area contributed by atoms with E-state index in [1.807, 2.05) is 66.9 Å². The Balaban J connectivity index is 1.18. The Hall–Kier alpha value is -5.26. The number of fused-ring (bicyclic) bond motifs is 2. The van der Waals surface area contributed by atoms with Gasteiger partial charge in [-0.25, -0.2) is 9.78 Å². The standard InChI is InChI=1S/C45H51N4O8P/c1-32-30-39-40(31-33(32)2)48(42-41(46-39)43(50)49(44(51)47-42)27-13-6-8-15-29-57-58(52)53)26-12-5-7-14-28-56-45(34-16-10-9-11-17-34,35-18-22-37(54-3)23-19-35)36-20-24-38(55-4)25-21-36/h9-11,16-25,30-31H,5-8,12-15,26-29H2,1-4H3. The Morgan fingerprint density at radius 1 is 0.655 bits per heavy atom. The van der Waals surface area contributed by atoms with Crippen LogP contribution in [-0.4, -0.2) is 46.5 Å². The number of methoxy groups -OCH3 is 2. The lowest BCUT2D eigenvalue weighted by Crippen LogP contribution is -2.38. The van der Waals surface area contributed by atoms with Gasteiger partial charge in [0.2, 0.25) is 0 Å². The molecule has 13 heteroatoms. The monoisotopic (exact) mass is 806 g/mol. The third-order valence-electron chi connectivity index (χ3n) is 10.7. The number of rotatable bonds is 21. The van der Waals surface area contributed by atoms with Crippen LogP contribution in [0.15, 0.2) is 101 Å². The van der Waals surface area contributed by atoms with Crippen molar-refractivity contribution in [2.24, 2.45) is 0 Å². The van der Waals surface area contributed by atoms with Gasteiger partial charge in [-0.05, 0) is 108 Å². The van der Waals surface area contributed by atoms with Crippen molar-refractivity contribution in [1.82, 2.24) is 19.1 Å². The summed E-state index contributed by atoms with van der Waals surface area (Å²) in [5, 5.41) is 0. The first kappa shape index (κ1) is 42.3. The van der Waals surface area contributed by atoms with E-state index < -0.39 is 25.1 Å². The summed E-state index contributed by atoms with van der Waals surface area (Å²) in [6.07, 6.45) is 5.91. The molecule has 0 saturated carbocycles. The van der Waals surface area contributed by atoms with Gasteiger partial charge >= 0.3 is 13.9 Å². The van der Waals surface area contributed by atoms with Crippen molar-refractivity contribution in [3.63, 3.8) is 0 Å². The zero-order chi connectivity index (χ0) is 41.1. The Kier molecular flexibility index (Phi) is 14.6. The molecular weight excluding hydrogens is 755 g/mol. The van der Waals surface area contributed by atoms with E-state index in [1.54, 1.807) is 14.2 Å². The van der Waals surface area contributed by atoms with E-state index in [1.165, 1.54) is 0 Å². The SMILES string of the molecule is COc1ccc(C(OCCCCCCn2c3nc(=O)n(CCCCCCO[P+](=O)[O-])c(=O)c-3nc3cc(C)c(C)cc32)(c2ccccc2)c2ccc(OC)cc2)cc1. The highest BCUT2D eigenvalue weighted by molar-refractivity contribution is 7.30. The predicted octanol–water partition coefficient (Wildman–Crippen LogP) is 7.86.